The molecule has 0 aliphatic rings. The van der Waals surface area contributed by atoms with Gasteiger partial charge in [0.25, 0.3) is 11.6 Å². The highest BCUT2D eigenvalue weighted by Crippen LogP contribution is 2.39. The molecule has 2 aromatic rings. The fourth-order valence-corrected chi connectivity index (χ4v) is 2.79. The van der Waals surface area contributed by atoms with Crippen molar-refractivity contribution in [2.24, 2.45) is 0 Å². The van der Waals surface area contributed by atoms with Crippen LogP contribution in [0.4, 0.5) is 5.69 Å². The van der Waals surface area contributed by atoms with E-state index in [1.54, 1.807) is 31.2 Å². The molecule has 156 valence electrons. The highest BCUT2D eigenvalue weighted by Gasteiger charge is 2.20. The zero-order valence-electron chi connectivity index (χ0n) is 17.1. The van der Waals surface area contributed by atoms with Gasteiger partial charge in [-0.25, -0.2) is 0 Å². The predicted octanol–water partition coefficient (Wildman–Crippen LogP) is 4.28. The van der Waals surface area contributed by atoms with Crippen LogP contribution in [0.15, 0.2) is 36.4 Å². The third kappa shape index (κ3) is 5.60. The lowest BCUT2D eigenvalue weighted by molar-refractivity contribution is -0.384. The molecule has 0 saturated carbocycles. The van der Waals surface area contributed by atoms with Gasteiger partial charge in [0.15, 0.2) is 11.5 Å². The van der Waals surface area contributed by atoms with Gasteiger partial charge in [0.2, 0.25) is 5.75 Å². The second-order valence-corrected chi connectivity index (χ2v) is 6.15. The topological polar surface area (TPSA) is 99.9 Å². The molecule has 0 fully saturated rings. The quantitative estimate of drug-likeness (QED) is 0.470. The Hall–Kier alpha value is -3.29. The zero-order chi connectivity index (χ0) is 21.4. The SMILES string of the molecule is CCOc1cc(C(=O)NC(C)c2cccc([N+](=O)[O-])c2)cc(OCC)c1OCC. The van der Waals surface area contributed by atoms with Crippen LogP contribution in [-0.2, 0) is 0 Å². The molecule has 2 aromatic carbocycles. The number of carbonyl (C=O) groups is 1. The molecule has 0 aromatic heterocycles. The Morgan fingerprint density at radius 2 is 1.62 bits per heavy atom. The van der Waals surface area contributed by atoms with Crippen LogP contribution in [0.3, 0.4) is 0 Å². The van der Waals surface area contributed by atoms with Crippen molar-refractivity contribution in [2.45, 2.75) is 33.7 Å². The summed E-state index contributed by atoms with van der Waals surface area (Å²) < 4.78 is 16.9. The van der Waals surface area contributed by atoms with E-state index in [0.29, 0.717) is 48.2 Å². The van der Waals surface area contributed by atoms with E-state index < -0.39 is 11.0 Å². The van der Waals surface area contributed by atoms with Gasteiger partial charge < -0.3 is 19.5 Å². The highest BCUT2D eigenvalue weighted by atomic mass is 16.6. The molecule has 0 bridgehead atoms. The molecule has 0 aliphatic carbocycles. The van der Waals surface area contributed by atoms with E-state index >= 15 is 0 Å². The molecule has 1 unspecified atom stereocenters. The van der Waals surface area contributed by atoms with Crippen LogP contribution >= 0.6 is 0 Å². The second kappa shape index (κ2) is 10.3. The molecule has 1 atom stereocenters. The average Bonchev–Trinajstić information content (AvgIpc) is 2.70. The first-order valence-electron chi connectivity index (χ1n) is 9.52. The summed E-state index contributed by atoms with van der Waals surface area (Å²) in [5.41, 5.74) is 0.952. The van der Waals surface area contributed by atoms with Gasteiger partial charge in [-0.1, -0.05) is 12.1 Å². The van der Waals surface area contributed by atoms with E-state index in [9.17, 15) is 14.9 Å². The first kappa shape index (κ1) is 22.0. The Morgan fingerprint density at radius 1 is 1.03 bits per heavy atom. The number of rotatable bonds is 10. The van der Waals surface area contributed by atoms with Crippen LogP contribution in [-0.4, -0.2) is 30.7 Å². The predicted molar refractivity (Wildman–Crippen MR) is 109 cm³/mol. The second-order valence-electron chi connectivity index (χ2n) is 6.15. The average molecular weight is 402 g/mol. The standard InChI is InChI=1S/C21H26N2O6/c1-5-27-18-12-16(13-19(28-6-2)20(18)29-7-3)21(24)22-14(4)15-9-8-10-17(11-15)23(25)26/h8-14H,5-7H2,1-4H3,(H,22,24). The molecule has 1 N–H and O–H groups in total. The summed E-state index contributed by atoms with van der Waals surface area (Å²) in [6.07, 6.45) is 0. The van der Waals surface area contributed by atoms with Crippen molar-refractivity contribution in [3.8, 4) is 17.2 Å². The van der Waals surface area contributed by atoms with Crippen molar-refractivity contribution in [2.75, 3.05) is 19.8 Å². The normalized spacial score (nSPS) is 11.4. The van der Waals surface area contributed by atoms with Crippen LogP contribution in [0.25, 0.3) is 0 Å². The molecule has 8 nitrogen and oxygen atoms in total. The van der Waals surface area contributed by atoms with E-state index in [1.165, 1.54) is 12.1 Å². The van der Waals surface area contributed by atoms with Gasteiger partial charge in [0, 0.05) is 17.7 Å². The van der Waals surface area contributed by atoms with Crippen LogP contribution < -0.4 is 19.5 Å². The number of non-ortho nitro benzene ring substituents is 1. The number of nitrogens with one attached hydrogen (secondary N) is 1. The fourth-order valence-electron chi connectivity index (χ4n) is 2.79. The molecule has 2 rings (SSSR count). The molecule has 0 spiro atoms. The minimum Gasteiger partial charge on any atom is -0.490 e. The van der Waals surface area contributed by atoms with E-state index in [0.717, 1.165) is 0 Å². The number of carbonyl (C=O) groups excluding carboxylic acids is 1. The van der Waals surface area contributed by atoms with Gasteiger partial charge >= 0.3 is 0 Å². The maximum Gasteiger partial charge on any atom is 0.269 e. The van der Waals surface area contributed by atoms with Gasteiger partial charge in [-0.15, -0.1) is 0 Å². The summed E-state index contributed by atoms with van der Waals surface area (Å²) in [4.78, 5) is 23.3. The monoisotopic (exact) mass is 402 g/mol. The van der Waals surface area contributed by atoms with Crippen LogP contribution in [0.1, 0.15) is 49.7 Å². The van der Waals surface area contributed by atoms with Gasteiger partial charge in [-0.05, 0) is 45.4 Å². The third-order valence-corrected chi connectivity index (χ3v) is 4.10. The molecular weight excluding hydrogens is 376 g/mol. The van der Waals surface area contributed by atoms with Crippen LogP contribution in [0.5, 0.6) is 17.2 Å². The lowest BCUT2D eigenvalue weighted by Gasteiger charge is -2.18. The smallest absolute Gasteiger partial charge is 0.269 e. The molecule has 0 saturated heterocycles. The molecule has 0 heterocycles. The lowest BCUT2D eigenvalue weighted by atomic mass is 10.1. The summed E-state index contributed by atoms with van der Waals surface area (Å²) in [6.45, 7) is 8.53. The van der Waals surface area contributed by atoms with Gasteiger partial charge in [0.1, 0.15) is 0 Å². The third-order valence-electron chi connectivity index (χ3n) is 4.10. The highest BCUT2D eigenvalue weighted by molar-refractivity contribution is 5.95. The minimum atomic E-state index is -0.465. The number of hydrogen-bond acceptors (Lipinski definition) is 6. The number of amides is 1. The summed E-state index contributed by atoms with van der Waals surface area (Å²) in [5, 5.41) is 13.8. The zero-order valence-corrected chi connectivity index (χ0v) is 17.1. The van der Waals surface area contributed by atoms with Crippen molar-refractivity contribution in [1.82, 2.24) is 5.32 Å². The van der Waals surface area contributed by atoms with Crippen molar-refractivity contribution >= 4 is 11.6 Å². The van der Waals surface area contributed by atoms with Crippen LogP contribution in [0, 0.1) is 10.1 Å². The van der Waals surface area contributed by atoms with E-state index in [4.69, 9.17) is 14.2 Å². The van der Waals surface area contributed by atoms with E-state index in [-0.39, 0.29) is 11.6 Å². The molecule has 1 amide bonds. The summed E-state index contributed by atoms with van der Waals surface area (Å²) >= 11 is 0. The summed E-state index contributed by atoms with van der Waals surface area (Å²) in [6, 6.07) is 8.95. The minimum absolute atomic E-state index is 0.0260. The van der Waals surface area contributed by atoms with Gasteiger partial charge in [0.05, 0.1) is 30.8 Å². The fraction of sp³-hybridized carbons (Fsp3) is 0.381. The van der Waals surface area contributed by atoms with Crippen molar-refractivity contribution in [3.63, 3.8) is 0 Å². The number of ether oxygens (including phenoxy) is 3. The number of nitro groups is 1. The van der Waals surface area contributed by atoms with Crippen LogP contribution in [0.2, 0.25) is 0 Å². The Kier molecular flexibility index (Phi) is 7.82. The van der Waals surface area contributed by atoms with E-state index in [2.05, 4.69) is 5.32 Å². The van der Waals surface area contributed by atoms with Crippen molar-refractivity contribution < 1.29 is 23.9 Å². The lowest BCUT2D eigenvalue weighted by Crippen LogP contribution is -2.26. The first-order chi connectivity index (χ1) is 13.9. The maximum absolute atomic E-state index is 12.8. The molecule has 0 radical (unpaired) electrons. The van der Waals surface area contributed by atoms with Gasteiger partial charge in [-0.2, -0.15) is 0 Å². The summed E-state index contributed by atoms with van der Waals surface area (Å²) in [7, 11) is 0. The Labute approximate surface area is 169 Å². The van der Waals surface area contributed by atoms with Crippen molar-refractivity contribution in [1.29, 1.82) is 0 Å². The van der Waals surface area contributed by atoms with Crippen molar-refractivity contribution in [3.05, 3.63) is 57.6 Å². The largest absolute Gasteiger partial charge is 0.490 e. The molecule has 0 aliphatic heterocycles. The molecule has 29 heavy (non-hydrogen) atoms. The number of nitrogens with zero attached hydrogens (tertiary/aromatic N) is 1. The first-order valence-corrected chi connectivity index (χ1v) is 9.52. The Balaban J connectivity index is 2.31. The number of hydrogen-bond donors (Lipinski definition) is 1. The Morgan fingerprint density at radius 3 is 2.14 bits per heavy atom. The molecular formula is C21H26N2O6. The number of nitro benzene ring substituents is 1. The maximum atomic E-state index is 12.8. The van der Waals surface area contributed by atoms with E-state index in [1.807, 2.05) is 20.8 Å². The molecule has 8 heteroatoms. The summed E-state index contributed by atoms with van der Waals surface area (Å²) in [5.74, 6) is 0.954. The van der Waals surface area contributed by atoms with Gasteiger partial charge in [-0.3, -0.25) is 14.9 Å². The Bertz CT molecular complexity index is 841. The number of benzene rings is 2.